The van der Waals surface area contributed by atoms with Crippen LogP contribution in [0.5, 0.6) is 5.75 Å². The summed E-state index contributed by atoms with van der Waals surface area (Å²) in [5.41, 5.74) is 0.291. The topological polar surface area (TPSA) is 42.2 Å². The highest BCUT2D eigenvalue weighted by atomic mass is 19.1. The Balaban J connectivity index is 2.17. The maximum absolute atomic E-state index is 13.6. The number of halogens is 1. The molecule has 0 aromatic heterocycles. The summed E-state index contributed by atoms with van der Waals surface area (Å²) in [5.74, 6) is -0.163. The molecule has 0 N–H and O–H groups in total. The Morgan fingerprint density at radius 1 is 1.56 bits per heavy atom. The van der Waals surface area contributed by atoms with Crippen molar-refractivity contribution >= 4 is 0 Å². The lowest BCUT2D eigenvalue weighted by atomic mass is 9.78. The van der Waals surface area contributed by atoms with Gasteiger partial charge in [-0.15, -0.1) is 0 Å². The minimum absolute atomic E-state index is 0.227. The summed E-state index contributed by atoms with van der Waals surface area (Å²) in [7, 11) is 1.43. The predicted octanol–water partition coefficient (Wildman–Crippen LogP) is 2.70. The van der Waals surface area contributed by atoms with Crippen molar-refractivity contribution in [2.24, 2.45) is 5.41 Å². The number of hydrogen-bond acceptors (Lipinski definition) is 3. The molecule has 1 aromatic carbocycles. The van der Waals surface area contributed by atoms with Crippen LogP contribution < -0.4 is 4.74 Å². The zero-order valence-corrected chi connectivity index (χ0v) is 10.4. The van der Waals surface area contributed by atoms with Crippen LogP contribution in [-0.2, 0) is 11.2 Å². The van der Waals surface area contributed by atoms with E-state index in [0.29, 0.717) is 19.6 Å². The van der Waals surface area contributed by atoms with E-state index < -0.39 is 5.41 Å². The van der Waals surface area contributed by atoms with E-state index in [1.54, 1.807) is 12.1 Å². The minimum Gasteiger partial charge on any atom is -0.494 e. The van der Waals surface area contributed by atoms with Gasteiger partial charge in [-0.3, -0.25) is 0 Å². The van der Waals surface area contributed by atoms with E-state index in [9.17, 15) is 9.65 Å². The predicted molar refractivity (Wildman–Crippen MR) is 64.8 cm³/mol. The number of hydrogen-bond donors (Lipinski definition) is 0. The Labute approximate surface area is 106 Å². The van der Waals surface area contributed by atoms with Gasteiger partial charge in [-0.1, -0.05) is 6.07 Å². The highest BCUT2D eigenvalue weighted by Crippen LogP contribution is 2.32. The second-order valence-electron chi connectivity index (χ2n) is 4.69. The molecular formula is C14H16FNO2. The average molecular weight is 249 g/mol. The number of rotatable bonds is 3. The lowest BCUT2D eigenvalue weighted by molar-refractivity contribution is 0.0223. The molecule has 0 bridgehead atoms. The third-order valence-electron chi connectivity index (χ3n) is 3.32. The third-order valence-corrected chi connectivity index (χ3v) is 3.32. The van der Waals surface area contributed by atoms with Crippen LogP contribution in [0.2, 0.25) is 0 Å². The van der Waals surface area contributed by atoms with E-state index in [0.717, 1.165) is 18.4 Å². The SMILES string of the molecule is COc1ccc(CC2(C#N)CCCOC2)cc1F. The third kappa shape index (κ3) is 2.62. The van der Waals surface area contributed by atoms with Crippen LogP contribution in [0.25, 0.3) is 0 Å². The monoisotopic (exact) mass is 249 g/mol. The minimum atomic E-state index is -0.515. The van der Waals surface area contributed by atoms with Crippen LogP contribution in [0.3, 0.4) is 0 Å². The van der Waals surface area contributed by atoms with E-state index in [1.807, 2.05) is 0 Å². The molecule has 2 rings (SSSR count). The molecule has 1 fully saturated rings. The largest absolute Gasteiger partial charge is 0.494 e. The fourth-order valence-electron chi connectivity index (χ4n) is 2.33. The summed E-state index contributed by atoms with van der Waals surface area (Å²) in [5, 5.41) is 9.32. The first-order chi connectivity index (χ1) is 8.69. The van der Waals surface area contributed by atoms with E-state index in [-0.39, 0.29) is 11.6 Å². The molecule has 0 aliphatic carbocycles. The standard InChI is InChI=1S/C14H16FNO2/c1-17-13-4-3-11(7-12(13)15)8-14(9-16)5-2-6-18-10-14/h3-4,7H,2,5-6,8,10H2,1H3. The van der Waals surface area contributed by atoms with Crippen LogP contribution in [-0.4, -0.2) is 20.3 Å². The summed E-state index contributed by atoms with van der Waals surface area (Å²) in [6.45, 7) is 1.14. The fourth-order valence-corrected chi connectivity index (χ4v) is 2.33. The zero-order chi connectivity index (χ0) is 13.0. The second kappa shape index (κ2) is 5.36. The Morgan fingerprint density at radius 2 is 2.39 bits per heavy atom. The molecule has 1 heterocycles. The van der Waals surface area contributed by atoms with Gasteiger partial charge in [0.05, 0.1) is 25.2 Å². The normalized spacial score (nSPS) is 23.4. The number of nitriles is 1. The molecule has 1 unspecified atom stereocenters. The average Bonchev–Trinajstić information content (AvgIpc) is 2.40. The molecule has 18 heavy (non-hydrogen) atoms. The Morgan fingerprint density at radius 3 is 2.94 bits per heavy atom. The molecule has 96 valence electrons. The number of nitrogens with zero attached hydrogens (tertiary/aromatic N) is 1. The molecule has 0 spiro atoms. The molecule has 1 aliphatic heterocycles. The Kier molecular flexibility index (Phi) is 3.83. The van der Waals surface area contributed by atoms with Crippen molar-refractivity contribution in [3.8, 4) is 11.8 Å². The van der Waals surface area contributed by atoms with Crippen LogP contribution in [0.4, 0.5) is 4.39 Å². The Bertz CT molecular complexity index is 461. The van der Waals surface area contributed by atoms with Crippen LogP contribution in [0.1, 0.15) is 18.4 Å². The molecule has 4 heteroatoms. The maximum Gasteiger partial charge on any atom is 0.165 e. The lowest BCUT2D eigenvalue weighted by Crippen LogP contribution is -2.32. The molecule has 0 radical (unpaired) electrons. The van der Waals surface area contributed by atoms with Crippen molar-refractivity contribution in [1.82, 2.24) is 0 Å². The number of methoxy groups -OCH3 is 1. The number of benzene rings is 1. The summed E-state index contributed by atoms with van der Waals surface area (Å²) in [6.07, 6.45) is 2.20. The summed E-state index contributed by atoms with van der Waals surface area (Å²) >= 11 is 0. The molecule has 1 saturated heterocycles. The maximum atomic E-state index is 13.6. The van der Waals surface area contributed by atoms with Gasteiger partial charge in [-0.05, 0) is 37.0 Å². The summed E-state index contributed by atoms with van der Waals surface area (Å²) in [4.78, 5) is 0. The van der Waals surface area contributed by atoms with Gasteiger partial charge in [0.2, 0.25) is 0 Å². The molecular weight excluding hydrogens is 233 g/mol. The van der Waals surface area contributed by atoms with Crippen molar-refractivity contribution in [3.05, 3.63) is 29.6 Å². The molecule has 1 aromatic rings. The van der Waals surface area contributed by atoms with E-state index in [4.69, 9.17) is 9.47 Å². The first-order valence-electron chi connectivity index (χ1n) is 6.00. The van der Waals surface area contributed by atoms with Crippen LogP contribution >= 0.6 is 0 Å². The van der Waals surface area contributed by atoms with Crippen molar-refractivity contribution in [1.29, 1.82) is 5.26 Å². The lowest BCUT2D eigenvalue weighted by Gasteiger charge is -2.30. The second-order valence-corrected chi connectivity index (χ2v) is 4.69. The quantitative estimate of drug-likeness (QED) is 0.827. The van der Waals surface area contributed by atoms with Gasteiger partial charge < -0.3 is 9.47 Å². The fraction of sp³-hybridized carbons (Fsp3) is 0.500. The zero-order valence-electron chi connectivity index (χ0n) is 10.4. The summed E-state index contributed by atoms with van der Waals surface area (Å²) < 4.78 is 23.9. The summed E-state index contributed by atoms with van der Waals surface area (Å²) in [6, 6.07) is 7.17. The van der Waals surface area contributed by atoms with Gasteiger partial charge >= 0.3 is 0 Å². The first kappa shape index (κ1) is 12.8. The number of ether oxygens (including phenoxy) is 2. The van der Waals surface area contributed by atoms with Gasteiger partial charge in [-0.25, -0.2) is 4.39 Å². The van der Waals surface area contributed by atoms with Gasteiger partial charge in [0.1, 0.15) is 0 Å². The molecule has 3 nitrogen and oxygen atoms in total. The van der Waals surface area contributed by atoms with E-state index >= 15 is 0 Å². The smallest absolute Gasteiger partial charge is 0.165 e. The van der Waals surface area contributed by atoms with Gasteiger partial charge in [0.15, 0.2) is 11.6 Å². The van der Waals surface area contributed by atoms with E-state index in [2.05, 4.69) is 6.07 Å². The molecule has 0 saturated carbocycles. The van der Waals surface area contributed by atoms with Crippen molar-refractivity contribution in [2.45, 2.75) is 19.3 Å². The van der Waals surface area contributed by atoms with E-state index in [1.165, 1.54) is 13.2 Å². The Hall–Kier alpha value is -1.60. The van der Waals surface area contributed by atoms with Crippen molar-refractivity contribution in [3.63, 3.8) is 0 Å². The van der Waals surface area contributed by atoms with Gasteiger partial charge in [0, 0.05) is 6.61 Å². The highest BCUT2D eigenvalue weighted by Gasteiger charge is 2.33. The van der Waals surface area contributed by atoms with Gasteiger partial charge in [-0.2, -0.15) is 5.26 Å². The van der Waals surface area contributed by atoms with Gasteiger partial charge in [0.25, 0.3) is 0 Å². The first-order valence-corrected chi connectivity index (χ1v) is 6.00. The molecule has 0 amide bonds. The van der Waals surface area contributed by atoms with Crippen LogP contribution in [0, 0.1) is 22.6 Å². The van der Waals surface area contributed by atoms with Crippen LogP contribution in [0.15, 0.2) is 18.2 Å². The molecule has 1 atom stereocenters. The van der Waals surface area contributed by atoms with Crippen molar-refractivity contribution < 1.29 is 13.9 Å². The molecule has 1 aliphatic rings. The highest BCUT2D eigenvalue weighted by molar-refractivity contribution is 5.30. The van der Waals surface area contributed by atoms with Crippen molar-refractivity contribution in [2.75, 3.05) is 20.3 Å².